The second kappa shape index (κ2) is 3.02. The molecule has 56 valence electrons. The van der Waals surface area contributed by atoms with Gasteiger partial charge in [0.25, 0.3) is 0 Å². The number of rotatable bonds is 1. The van der Waals surface area contributed by atoms with E-state index >= 15 is 0 Å². The summed E-state index contributed by atoms with van der Waals surface area (Å²) in [5.41, 5.74) is 9.83. The summed E-state index contributed by atoms with van der Waals surface area (Å²) in [7, 11) is 0. The maximum absolute atomic E-state index is 5.52. The average molecular weight is 137 g/mol. The Morgan fingerprint density at radius 2 is 2.10 bits per heavy atom. The van der Waals surface area contributed by atoms with E-state index in [-0.39, 0.29) is 0 Å². The highest BCUT2D eigenvalue weighted by molar-refractivity contribution is 5.31. The molecule has 0 fully saturated rings. The van der Waals surface area contributed by atoms with Crippen LogP contribution >= 0.6 is 0 Å². The molecule has 0 atom stereocenters. The van der Waals surface area contributed by atoms with Crippen LogP contribution < -0.4 is 5.73 Å². The molecule has 1 aliphatic carbocycles. The molecule has 0 aromatic carbocycles. The Kier molecular flexibility index (Phi) is 2.28. The van der Waals surface area contributed by atoms with E-state index in [4.69, 9.17) is 5.73 Å². The number of allylic oxidation sites excluding steroid dienone is 3. The summed E-state index contributed by atoms with van der Waals surface area (Å²) in [6, 6.07) is 0. The Morgan fingerprint density at radius 3 is 2.60 bits per heavy atom. The monoisotopic (exact) mass is 137 g/mol. The minimum Gasteiger partial charge on any atom is -0.327 e. The first kappa shape index (κ1) is 7.55. The van der Waals surface area contributed by atoms with Crippen molar-refractivity contribution in [1.82, 2.24) is 0 Å². The largest absolute Gasteiger partial charge is 0.327 e. The molecule has 0 saturated heterocycles. The highest BCUT2D eigenvalue weighted by Gasteiger charge is 2.04. The minimum absolute atomic E-state index is 0.727. The average Bonchev–Trinajstić information content (AvgIpc) is 1.95. The molecule has 2 N–H and O–H groups in total. The molecule has 1 aliphatic rings. The van der Waals surface area contributed by atoms with Gasteiger partial charge in [-0.3, -0.25) is 0 Å². The minimum atomic E-state index is 0.727. The number of hydrogen-bond donors (Lipinski definition) is 1. The zero-order chi connectivity index (χ0) is 7.56. The van der Waals surface area contributed by atoms with Gasteiger partial charge in [-0.05, 0) is 26.7 Å². The topological polar surface area (TPSA) is 26.0 Å². The lowest BCUT2D eigenvalue weighted by Gasteiger charge is -2.13. The fourth-order valence-electron chi connectivity index (χ4n) is 1.21. The fourth-order valence-corrected chi connectivity index (χ4v) is 1.21. The lowest BCUT2D eigenvalue weighted by molar-refractivity contribution is 0.858. The van der Waals surface area contributed by atoms with Crippen LogP contribution in [0.3, 0.4) is 0 Å². The van der Waals surface area contributed by atoms with Crippen molar-refractivity contribution in [3.05, 3.63) is 22.8 Å². The molecule has 0 heterocycles. The smallest absolute Gasteiger partial charge is 0.0140 e. The molecule has 0 aliphatic heterocycles. The van der Waals surface area contributed by atoms with Crippen LogP contribution in [-0.2, 0) is 0 Å². The van der Waals surface area contributed by atoms with Crippen molar-refractivity contribution in [3.8, 4) is 0 Å². The molecule has 0 amide bonds. The Hall–Kier alpha value is -0.560. The fraction of sp³-hybridized carbons (Fsp3) is 0.556. The summed E-state index contributed by atoms with van der Waals surface area (Å²) in [6.07, 6.45) is 4.59. The van der Waals surface area contributed by atoms with Gasteiger partial charge in [0.15, 0.2) is 0 Å². The maximum Gasteiger partial charge on any atom is 0.0140 e. The van der Waals surface area contributed by atoms with Gasteiger partial charge in [-0.25, -0.2) is 0 Å². The van der Waals surface area contributed by atoms with Gasteiger partial charge >= 0.3 is 0 Å². The molecule has 1 heteroatoms. The van der Waals surface area contributed by atoms with E-state index in [1.54, 1.807) is 0 Å². The molecule has 10 heavy (non-hydrogen) atoms. The van der Waals surface area contributed by atoms with Crippen LogP contribution in [0.25, 0.3) is 0 Å². The molecule has 0 bridgehead atoms. The van der Waals surface area contributed by atoms with Crippen LogP contribution in [-0.4, -0.2) is 6.54 Å². The van der Waals surface area contributed by atoms with E-state index in [0.29, 0.717) is 0 Å². The second-order valence-corrected chi connectivity index (χ2v) is 2.97. The Labute approximate surface area is 62.6 Å². The van der Waals surface area contributed by atoms with Gasteiger partial charge in [-0.1, -0.05) is 22.8 Å². The third-order valence-corrected chi connectivity index (χ3v) is 2.18. The zero-order valence-corrected chi connectivity index (χ0v) is 6.78. The molecule has 1 rings (SSSR count). The summed E-state index contributed by atoms with van der Waals surface area (Å²) in [6.45, 7) is 5.08. The summed E-state index contributed by atoms with van der Waals surface area (Å²) < 4.78 is 0. The molecule has 0 radical (unpaired) electrons. The van der Waals surface area contributed by atoms with Crippen LogP contribution in [0.4, 0.5) is 0 Å². The highest BCUT2D eigenvalue weighted by atomic mass is 14.5. The molecular weight excluding hydrogens is 122 g/mol. The van der Waals surface area contributed by atoms with Gasteiger partial charge in [-0.15, -0.1) is 0 Å². The van der Waals surface area contributed by atoms with Crippen LogP contribution in [0.2, 0.25) is 0 Å². The summed E-state index contributed by atoms with van der Waals surface area (Å²) in [5.74, 6) is 0. The van der Waals surface area contributed by atoms with Crippen molar-refractivity contribution in [3.63, 3.8) is 0 Å². The van der Waals surface area contributed by atoms with E-state index in [1.165, 1.54) is 29.6 Å². The van der Waals surface area contributed by atoms with Crippen molar-refractivity contribution in [2.24, 2.45) is 5.73 Å². The maximum atomic E-state index is 5.52. The SMILES string of the molecule is CC1=C(C)CCC(CN)=C1. The van der Waals surface area contributed by atoms with Gasteiger partial charge in [0.2, 0.25) is 0 Å². The van der Waals surface area contributed by atoms with Crippen LogP contribution in [0, 0.1) is 0 Å². The molecular formula is C9H15N. The predicted octanol–water partition coefficient (Wildman–Crippen LogP) is 2.00. The van der Waals surface area contributed by atoms with Gasteiger partial charge in [0.1, 0.15) is 0 Å². The van der Waals surface area contributed by atoms with E-state index in [2.05, 4.69) is 19.9 Å². The van der Waals surface area contributed by atoms with E-state index in [0.717, 1.165) is 6.54 Å². The number of hydrogen-bond acceptors (Lipinski definition) is 1. The van der Waals surface area contributed by atoms with E-state index < -0.39 is 0 Å². The zero-order valence-electron chi connectivity index (χ0n) is 6.78. The summed E-state index contributed by atoms with van der Waals surface area (Å²) in [5, 5.41) is 0. The highest BCUT2D eigenvalue weighted by Crippen LogP contribution is 2.21. The van der Waals surface area contributed by atoms with Gasteiger partial charge < -0.3 is 5.73 Å². The van der Waals surface area contributed by atoms with Gasteiger partial charge in [0, 0.05) is 6.54 Å². The van der Waals surface area contributed by atoms with Crippen LogP contribution in [0.15, 0.2) is 22.8 Å². The molecule has 0 spiro atoms. The summed E-state index contributed by atoms with van der Waals surface area (Å²) >= 11 is 0. The Bertz CT molecular complexity index is 187. The van der Waals surface area contributed by atoms with Crippen molar-refractivity contribution in [2.75, 3.05) is 6.54 Å². The quantitative estimate of drug-likeness (QED) is 0.587. The van der Waals surface area contributed by atoms with Crippen molar-refractivity contribution in [1.29, 1.82) is 0 Å². The lowest BCUT2D eigenvalue weighted by atomic mass is 9.94. The Balaban J connectivity index is 2.76. The number of nitrogens with two attached hydrogens (primary N) is 1. The molecule has 0 saturated carbocycles. The predicted molar refractivity (Wildman–Crippen MR) is 44.7 cm³/mol. The van der Waals surface area contributed by atoms with Crippen molar-refractivity contribution in [2.45, 2.75) is 26.7 Å². The third-order valence-electron chi connectivity index (χ3n) is 2.18. The van der Waals surface area contributed by atoms with Crippen LogP contribution in [0.1, 0.15) is 26.7 Å². The third kappa shape index (κ3) is 1.48. The first-order valence-corrected chi connectivity index (χ1v) is 3.80. The Morgan fingerprint density at radius 1 is 1.40 bits per heavy atom. The van der Waals surface area contributed by atoms with Gasteiger partial charge in [-0.2, -0.15) is 0 Å². The summed E-state index contributed by atoms with van der Waals surface area (Å²) in [4.78, 5) is 0. The first-order chi connectivity index (χ1) is 4.74. The van der Waals surface area contributed by atoms with Crippen molar-refractivity contribution >= 4 is 0 Å². The first-order valence-electron chi connectivity index (χ1n) is 3.80. The van der Waals surface area contributed by atoms with Crippen molar-refractivity contribution < 1.29 is 0 Å². The second-order valence-electron chi connectivity index (χ2n) is 2.97. The van der Waals surface area contributed by atoms with E-state index in [9.17, 15) is 0 Å². The standard InChI is InChI=1S/C9H15N/c1-7-3-4-9(6-10)5-8(7)2/h5H,3-4,6,10H2,1-2H3. The van der Waals surface area contributed by atoms with E-state index in [1.807, 2.05) is 0 Å². The van der Waals surface area contributed by atoms with Crippen LogP contribution in [0.5, 0.6) is 0 Å². The molecule has 0 unspecified atom stereocenters. The van der Waals surface area contributed by atoms with Gasteiger partial charge in [0.05, 0.1) is 0 Å². The molecule has 0 aromatic heterocycles. The lowest BCUT2D eigenvalue weighted by Crippen LogP contribution is -2.06. The molecule has 1 nitrogen and oxygen atoms in total. The molecule has 0 aromatic rings. The normalized spacial score (nSPS) is 19.3.